The lowest BCUT2D eigenvalue weighted by Gasteiger charge is -2.39. The third kappa shape index (κ3) is 3.64. The van der Waals surface area contributed by atoms with Crippen LogP contribution in [0.1, 0.15) is 13.8 Å². The van der Waals surface area contributed by atoms with E-state index in [1.54, 1.807) is 0 Å². The Morgan fingerprint density at radius 1 is 1.11 bits per heavy atom. The fourth-order valence-corrected chi connectivity index (χ4v) is 1.58. The summed E-state index contributed by atoms with van der Waals surface area (Å²) in [7, 11) is 0. The van der Waals surface area contributed by atoms with Crippen molar-refractivity contribution in [2.45, 2.75) is 44.6 Å². The average molecular weight is 264 g/mol. The predicted molar refractivity (Wildman–Crippen MR) is 55.1 cm³/mol. The first-order valence-electron chi connectivity index (χ1n) is 5.33. The molecule has 0 aromatic heterocycles. The van der Waals surface area contributed by atoms with Crippen LogP contribution < -0.4 is 0 Å². The van der Waals surface area contributed by atoms with Gasteiger partial charge in [0.1, 0.15) is 24.9 Å². The van der Waals surface area contributed by atoms with E-state index in [2.05, 4.69) is 4.74 Å². The van der Waals surface area contributed by atoms with E-state index in [1.807, 2.05) is 0 Å². The van der Waals surface area contributed by atoms with Gasteiger partial charge in [0.25, 0.3) is 0 Å². The van der Waals surface area contributed by atoms with Crippen LogP contribution in [0.5, 0.6) is 0 Å². The first-order valence-corrected chi connectivity index (χ1v) is 5.33. The van der Waals surface area contributed by atoms with Gasteiger partial charge in [-0.1, -0.05) is 0 Å². The highest BCUT2D eigenvalue weighted by Crippen LogP contribution is 2.22. The normalized spacial score (nSPS) is 35.9. The van der Waals surface area contributed by atoms with Gasteiger partial charge in [-0.2, -0.15) is 0 Å². The second-order valence-corrected chi connectivity index (χ2v) is 3.92. The van der Waals surface area contributed by atoms with Gasteiger partial charge < -0.3 is 29.5 Å². The molecule has 1 fully saturated rings. The largest absolute Gasteiger partial charge is 0.463 e. The molecule has 1 aliphatic heterocycles. The average Bonchev–Trinajstić information content (AvgIpc) is 2.27. The maximum Gasteiger partial charge on any atom is 0.303 e. The zero-order valence-electron chi connectivity index (χ0n) is 9.98. The molecule has 0 aromatic rings. The molecule has 104 valence electrons. The van der Waals surface area contributed by atoms with Crippen LogP contribution in [0.4, 0.5) is 0 Å². The summed E-state index contributed by atoms with van der Waals surface area (Å²) in [5, 5.41) is 28.7. The quantitative estimate of drug-likeness (QED) is 0.496. The van der Waals surface area contributed by atoms with Crippen molar-refractivity contribution in [3.05, 3.63) is 0 Å². The number of hydrogen-bond donors (Lipinski definition) is 3. The fraction of sp³-hybridized carbons (Fsp3) is 0.800. The standard InChI is InChI=1S/C10H16O8/c1-4(11)16-3-6-7(13)9(17-5(2)12)8(14)10(15)18-6/h6-10,13-15H,3H2,1-2H3/t6-,7+,8-,9+,10-/m1/s1. The van der Waals surface area contributed by atoms with Crippen molar-refractivity contribution in [2.75, 3.05) is 6.61 Å². The molecule has 1 saturated heterocycles. The monoisotopic (exact) mass is 264 g/mol. The van der Waals surface area contributed by atoms with Crippen molar-refractivity contribution in [3.63, 3.8) is 0 Å². The Hall–Kier alpha value is -1.22. The van der Waals surface area contributed by atoms with Gasteiger partial charge in [-0.25, -0.2) is 0 Å². The van der Waals surface area contributed by atoms with Crippen LogP contribution in [0.15, 0.2) is 0 Å². The van der Waals surface area contributed by atoms with Crippen LogP contribution in [0.2, 0.25) is 0 Å². The van der Waals surface area contributed by atoms with Crippen LogP contribution in [-0.2, 0) is 23.8 Å². The van der Waals surface area contributed by atoms with Crippen molar-refractivity contribution in [3.8, 4) is 0 Å². The van der Waals surface area contributed by atoms with Crippen LogP contribution in [-0.4, -0.2) is 64.6 Å². The lowest BCUT2D eigenvalue weighted by molar-refractivity contribution is -0.290. The summed E-state index contributed by atoms with van der Waals surface area (Å²) in [4.78, 5) is 21.5. The molecule has 1 heterocycles. The van der Waals surface area contributed by atoms with E-state index >= 15 is 0 Å². The summed E-state index contributed by atoms with van der Waals surface area (Å²) in [6.07, 6.45) is -7.05. The number of ether oxygens (including phenoxy) is 3. The highest BCUT2D eigenvalue weighted by Gasteiger charge is 2.46. The Bertz CT molecular complexity index is 317. The molecule has 1 rings (SSSR count). The van der Waals surface area contributed by atoms with Gasteiger partial charge in [0, 0.05) is 13.8 Å². The van der Waals surface area contributed by atoms with Gasteiger partial charge >= 0.3 is 11.9 Å². The number of esters is 2. The van der Waals surface area contributed by atoms with Crippen molar-refractivity contribution in [1.29, 1.82) is 0 Å². The summed E-state index contributed by atoms with van der Waals surface area (Å²) in [5.41, 5.74) is 0. The van der Waals surface area contributed by atoms with Gasteiger partial charge in [0.15, 0.2) is 12.4 Å². The van der Waals surface area contributed by atoms with Crippen molar-refractivity contribution in [1.82, 2.24) is 0 Å². The van der Waals surface area contributed by atoms with E-state index in [0.29, 0.717) is 0 Å². The van der Waals surface area contributed by atoms with Crippen molar-refractivity contribution in [2.24, 2.45) is 0 Å². The summed E-state index contributed by atoms with van der Waals surface area (Å²) in [6.45, 7) is 1.95. The van der Waals surface area contributed by atoms with E-state index in [9.17, 15) is 24.9 Å². The summed E-state index contributed by atoms with van der Waals surface area (Å²) < 4.78 is 14.2. The highest BCUT2D eigenvalue weighted by molar-refractivity contribution is 5.66. The lowest BCUT2D eigenvalue weighted by Crippen LogP contribution is -2.60. The summed E-state index contributed by atoms with van der Waals surface area (Å²) in [6, 6.07) is 0. The van der Waals surface area contributed by atoms with Gasteiger partial charge in [-0.3, -0.25) is 9.59 Å². The Morgan fingerprint density at radius 3 is 2.22 bits per heavy atom. The zero-order chi connectivity index (χ0) is 13.9. The third-order valence-electron chi connectivity index (χ3n) is 2.41. The van der Waals surface area contributed by atoms with Crippen LogP contribution >= 0.6 is 0 Å². The molecule has 0 spiro atoms. The third-order valence-corrected chi connectivity index (χ3v) is 2.41. The molecule has 8 heteroatoms. The topological polar surface area (TPSA) is 123 Å². The van der Waals surface area contributed by atoms with Crippen LogP contribution in [0.25, 0.3) is 0 Å². The van der Waals surface area contributed by atoms with Crippen LogP contribution in [0.3, 0.4) is 0 Å². The van der Waals surface area contributed by atoms with Gasteiger partial charge in [0.05, 0.1) is 0 Å². The van der Waals surface area contributed by atoms with Gasteiger partial charge in [-0.15, -0.1) is 0 Å². The van der Waals surface area contributed by atoms with Gasteiger partial charge in [-0.05, 0) is 0 Å². The predicted octanol–water partition coefficient (Wildman–Crippen LogP) is -2.08. The molecular formula is C10H16O8. The highest BCUT2D eigenvalue weighted by atomic mass is 16.7. The molecule has 5 atom stereocenters. The smallest absolute Gasteiger partial charge is 0.303 e. The van der Waals surface area contributed by atoms with Crippen molar-refractivity contribution >= 4 is 11.9 Å². The van der Waals surface area contributed by atoms with E-state index < -0.39 is 42.6 Å². The number of aliphatic hydroxyl groups excluding tert-OH is 3. The number of rotatable bonds is 3. The first kappa shape index (κ1) is 14.8. The van der Waals surface area contributed by atoms with E-state index in [4.69, 9.17) is 9.47 Å². The molecule has 8 nitrogen and oxygen atoms in total. The van der Waals surface area contributed by atoms with E-state index in [0.717, 1.165) is 6.92 Å². The molecule has 0 amide bonds. The molecule has 0 bridgehead atoms. The maximum atomic E-state index is 10.8. The minimum Gasteiger partial charge on any atom is -0.463 e. The minimum atomic E-state index is -1.64. The van der Waals surface area contributed by atoms with Crippen molar-refractivity contribution < 1.29 is 39.1 Å². The molecule has 18 heavy (non-hydrogen) atoms. The fourth-order valence-electron chi connectivity index (χ4n) is 1.58. The summed E-state index contributed by atoms with van der Waals surface area (Å²) in [5.74, 6) is -1.31. The molecule has 3 N–H and O–H groups in total. The summed E-state index contributed by atoms with van der Waals surface area (Å²) >= 11 is 0. The number of carbonyl (C=O) groups excluding carboxylic acids is 2. The Morgan fingerprint density at radius 2 is 1.72 bits per heavy atom. The molecule has 0 unspecified atom stereocenters. The van der Waals surface area contributed by atoms with Gasteiger partial charge in [0.2, 0.25) is 0 Å². The lowest BCUT2D eigenvalue weighted by atomic mass is 9.99. The molecule has 0 saturated carbocycles. The second-order valence-electron chi connectivity index (χ2n) is 3.92. The minimum absolute atomic E-state index is 0.321. The Kier molecular flexibility index (Phi) is 5.03. The molecule has 0 aromatic carbocycles. The van der Waals surface area contributed by atoms with E-state index in [-0.39, 0.29) is 6.61 Å². The number of carbonyl (C=O) groups is 2. The molecular weight excluding hydrogens is 248 g/mol. The molecule has 0 aliphatic carbocycles. The Balaban J connectivity index is 2.70. The van der Waals surface area contributed by atoms with E-state index in [1.165, 1.54) is 6.92 Å². The number of hydrogen-bond acceptors (Lipinski definition) is 8. The molecule has 0 radical (unpaired) electrons. The van der Waals surface area contributed by atoms with Crippen LogP contribution in [0, 0.1) is 0 Å². The first-order chi connectivity index (χ1) is 8.32. The SMILES string of the molecule is CC(=O)OC[C@H]1O[C@@H](O)[C@H](O)[C@@H](OC(C)=O)[C@H]1O. The number of aliphatic hydroxyl groups is 3. The maximum absolute atomic E-state index is 10.8. The second kappa shape index (κ2) is 6.10. The zero-order valence-corrected chi connectivity index (χ0v) is 9.98. The Labute approximate surface area is 103 Å². The molecule has 1 aliphatic rings.